The first-order valence-electron chi connectivity index (χ1n) is 6.28. The zero-order valence-corrected chi connectivity index (χ0v) is 11.3. The number of amides is 2. The summed E-state index contributed by atoms with van der Waals surface area (Å²) in [6.45, 7) is 4.01. The van der Waals surface area contributed by atoms with E-state index in [-0.39, 0.29) is 31.3 Å². The van der Waals surface area contributed by atoms with Crippen LogP contribution in [-0.2, 0) is 0 Å². The summed E-state index contributed by atoms with van der Waals surface area (Å²) < 4.78 is 0. The molecule has 0 aliphatic rings. The second kappa shape index (κ2) is 7.53. The zero-order chi connectivity index (χ0) is 14.3. The highest BCUT2D eigenvalue weighted by molar-refractivity contribution is 5.96. The van der Waals surface area contributed by atoms with Gasteiger partial charge in [-0.2, -0.15) is 0 Å². The highest BCUT2D eigenvalue weighted by Gasteiger charge is 2.06. The number of hydrogen-bond acceptors (Lipinski definition) is 3. The van der Waals surface area contributed by atoms with E-state index in [9.17, 15) is 9.59 Å². The molecular formula is C14H20N2O3. The van der Waals surface area contributed by atoms with Crippen LogP contribution in [0.2, 0.25) is 0 Å². The standard InChI is InChI=1S/C14H20N2O3/c1-10-3-5-12(6-4-10)13(18)7-8-15-14(19)16-9-11(2)17/h3-6,11,17H,7-9H2,1-2H3,(H2,15,16,19). The molecular weight excluding hydrogens is 244 g/mol. The van der Waals surface area contributed by atoms with Crippen LogP contribution in [0.25, 0.3) is 0 Å². The molecule has 0 heterocycles. The number of aliphatic hydroxyl groups excluding tert-OH is 1. The summed E-state index contributed by atoms with van der Waals surface area (Å²) in [6, 6.07) is 6.96. The number of benzene rings is 1. The summed E-state index contributed by atoms with van der Waals surface area (Å²) in [5.74, 6) is -0.00386. The molecule has 1 rings (SSSR count). The second-order valence-electron chi connectivity index (χ2n) is 4.53. The Morgan fingerprint density at radius 1 is 1.21 bits per heavy atom. The quantitative estimate of drug-likeness (QED) is 0.677. The topological polar surface area (TPSA) is 78.4 Å². The summed E-state index contributed by atoms with van der Waals surface area (Å²) in [5.41, 5.74) is 1.75. The maximum atomic E-state index is 11.8. The SMILES string of the molecule is Cc1ccc(C(=O)CCNC(=O)NCC(C)O)cc1. The fourth-order valence-corrected chi connectivity index (χ4v) is 1.48. The molecule has 1 atom stereocenters. The lowest BCUT2D eigenvalue weighted by Crippen LogP contribution is -2.39. The average molecular weight is 264 g/mol. The second-order valence-corrected chi connectivity index (χ2v) is 4.53. The predicted molar refractivity (Wildman–Crippen MR) is 73.2 cm³/mol. The third-order valence-corrected chi connectivity index (χ3v) is 2.57. The lowest BCUT2D eigenvalue weighted by molar-refractivity contribution is 0.0983. The summed E-state index contributed by atoms with van der Waals surface area (Å²) >= 11 is 0. The Labute approximate surface area is 113 Å². The summed E-state index contributed by atoms with van der Waals surface area (Å²) in [6.07, 6.45) is -0.328. The molecule has 0 bridgehead atoms. The Hall–Kier alpha value is -1.88. The number of urea groups is 1. The lowest BCUT2D eigenvalue weighted by Gasteiger charge is -2.08. The molecule has 0 saturated carbocycles. The van der Waals surface area contributed by atoms with Crippen molar-refractivity contribution in [3.05, 3.63) is 35.4 Å². The van der Waals surface area contributed by atoms with Gasteiger partial charge in [-0.05, 0) is 13.8 Å². The van der Waals surface area contributed by atoms with Crippen LogP contribution in [0.15, 0.2) is 24.3 Å². The summed E-state index contributed by atoms with van der Waals surface area (Å²) in [5, 5.41) is 14.0. The minimum Gasteiger partial charge on any atom is -0.392 e. The minimum atomic E-state index is -0.583. The van der Waals surface area contributed by atoms with Gasteiger partial charge in [0.2, 0.25) is 0 Å². The van der Waals surface area contributed by atoms with Crippen molar-refractivity contribution in [2.75, 3.05) is 13.1 Å². The number of carbonyl (C=O) groups is 2. The van der Waals surface area contributed by atoms with Crippen molar-refractivity contribution in [3.63, 3.8) is 0 Å². The molecule has 1 aromatic carbocycles. The molecule has 19 heavy (non-hydrogen) atoms. The maximum absolute atomic E-state index is 11.8. The van der Waals surface area contributed by atoms with Crippen molar-refractivity contribution in [3.8, 4) is 0 Å². The average Bonchev–Trinajstić information content (AvgIpc) is 2.37. The van der Waals surface area contributed by atoms with Crippen LogP contribution in [0.1, 0.15) is 29.3 Å². The van der Waals surface area contributed by atoms with Crippen molar-refractivity contribution in [2.45, 2.75) is 26.4 Å². The van der Waals surface area contributed by atoms with Crippen LogP contribution < -0.4 is 10.6 Å². The van der Waals surface area contributed by atoms with E-state index in [1.165, 1.54) is 0 Å². The molecule has 0 aliphatic heterocycles. The van der Waals surface area contributed by atoms with Crippen molar-refractivity contribution >= 4 is 11.8 Å². The number of Topliss-reactive ketones (excluding diaryl/α,β-unsaturated/α-hetero) is 1. The van der Waals surface area contributed by atoms with E-state index in [1.54, 1.807) is 19.1 Å². The zero-order valence-electron chi connectivity index (χ0n) is 11.3. The third kappa shape index (κ3) is 6.01. The van der Waals surface area contributed by atoms with E-state index in [4.69, 9.17) is 5.11 Å². The third-order valence-electron chi connectivity index (χ3n) is 2.57. The van der Waals surface area contributed by atoms with Crippen LogP contribution in [0.5, 0.6) is 0 Å². The molecule has 104 valence electrons. The van der Waals surface area contributed by atoms with Gasteiger partial charge in [-0.15, -0.1) is 0 Å². The smallest absolute Gasteiger partial charge is 0.314 e. The molecule has 5 nitrogen and oxygen atoms in total. The largest absolute Gasteiger partial charge is 0.392 e. The number of hydrogen-bond donors (Lipinski definition) is 3. The van der Waals surface area contributed by atoms with Gasteiger partial charge in [0.15, 0.2) is 5.78 Å². The normalized spacial score (nSPS) is 11.7. The molecule has 0 saturated heterocycles. The van der Waals surface area contributed by atoms with Gasteiger partial charge in [0.25, 0.3) is 0 Å². The molecule has 0 aliphatic carbocycles. The summed E-state index contributed by atoms with van der Waals surface area (Å²) in [7, 11) is 0. The first-order valence-corrected chi connectivity index (χ1v) is 6.28. The molecule has 0 spiro atoms. The Bertz CT molecular complexity index is 427. The lowest BCUT2D eigenvalue weighted by atomic mass is 10.1. The van der Waals surface area contributed by atoms with Gasteiger partial charge in [0, 0.05) is 25.1 Å². The van der Waals surface area contributed by atoms with E-state index in [2.05, 4.69) is 10.6 Å². The molecule has 0 fully saturated rings. The van der Waals surface area contributed by atoms with Gasteiger partial charge in [0.1, 0.15) is 0 Å². The van der Waals surface area contributed by atoms with E-state index < -0.39 is 6.10 Å². The minimum absolute atomic E-state index is 0.00386. The maximum Gasteiger partial charge on any atom is 0.314 e. The van der Waals surface area contributed by atoms with Gasteiger partial charge >= 0.3 is 6.03 Å². The first kappa shape index (κ1) is 15.2. The number of ketones is 1. The van der Waals surface area contributed by atoms with Crippen LogP contribution in [0.3, 0.4) is 0 Å². The van der Waals surface area contributed by atoms with Gasteiger partial charge in [0.05, 0.1) is 6.10 Å². The number of nitrogens with one attached hydrogen (secondary N) is 2. The monoisotopic (exact) mass is 264 g/mol. The molecule has 1 aromatic rings. The van der Waals surface area contributed by atoms with E-state index in [1.807, 2.05) is 19.1 Å². The van der Waals surface area contributed by atoms with Gasteiger partial charge in [-0.25, -0.2) is 4.79 Å². The molecule has 0 aromatic heterocycles. The number of aryl methyl sites for hydroxylation is 1. The Morgan fingerprint density at radius 2 is 1.84 bits per heavy atom. The Balaban J connectivity index is 2.27. The van der Waals surface area contributed by atoms with Crippen molar-refractivity contribution in [1.82, 2.24) is 10.6 Å². The molecule has 1 unspecified atom stereocenters. The van der Waals surface area contributed by atoms with Crippen LogP contribution in [0, 0.1) is 6.92 Å². The highest BCUT2D eigenvalue weighted by atomic mass is 16.3. The summed E-state index contributed by atoms with van der Waals surface area (Å²) in [4.78, 5) is 23.1. The van der Waals surface area contributed by atoms with Crippen LogP contribution in [-0.4, -0.2) is 36.1 Å². The van der Waals surface area contributed by atoms with E-state index in [0.29, 0.717) is 5.56 Å². The highest BCUT2D eigenvalue weighted by Crippen LogP contribution is 2.05. The Kier molecular flexibility index (Phi) is 6.02. The number of rotatable bonds is 6. The van der Waals surface area contributed by atoms with Gasteiger partial charge < -0.3 is 15.7 Å². The molecule has 0 radical (unpaired) electrons. The van der Waals surface area contributed by atoms with Crippen LogP contribution >= 0.6 is 0 Å². The fourth-order valence-electron chi connectivity index (χ4n) is 1.48. The number of carbonyl (C=O) groups excluding carboxylic acids is 2. The van der Waals surface area contributed by atoms with Crippen molar-refractivity contribution < 1.29 is 14.7 Å². The van der Waals surface area contributed by atoms with Crippen molar-refractivity contribution in [2.24, 2.45) is 0 Å². The van der Waals surface area contributed by atoms with Crippen molar-refractivity contribution in [1.29, 1.82) is 0 Å². The fraction of sp³-hybridized carbons (Fsp3) is 0.429. The van der Waals surface area contributed by atoms with E-state index >= 15 is 0 Å². The number of aliphatic hydroxyl groups is 1. The van der Waals surface area contributed by atoms with E-state index in [0.717, 1.165) is 5.56 Å². The first-order chi connectivity index (χ1) is 8.99. The van der Waals surface area contributed by atoms with Crippen LogP contribution in [0.4, 0.5) is 4.79 Å². The molecule has 3 N–H and O–H groups in total. The predicted octanol–water partition coefficient (Wildman–Crippen LogP) is 1.25. The molecule has 5 heteroatoms. The Morgan fingerprint density at radius 3 is 2.42 bits per heavy atom. The van der Waals surface area contributed by atoms with Gasteiger partial charge in [-0.1, -0.05) is 29.8 Å². The van der Waals surface area contributed by atoms with Gasteiger partial charge in [-0.3, -0.25) is 4.79 Å². The molecule has 2 amide bonds.